The van der Waals surface area contributed by atoms with Crippen LogP contribution in [0.15, 0.2) is 5.10 Å². The van der Waals surface area contributed by atoms with Crippen molar-refractivity contribution in [2.45, 2.75) is 26.3 Å². The Hall–Kier alpha value is -1.06. The lowest BCUT2D eigenvalue weighted by Gasteiger charge is -2.16. The van der Waals surface area contributed by atoms with Crippen LogP contribution in [-0.4, -0.2) is 34.4 Å². The molecule has 1 aliphatic heterocycles. The van der Waals surface area contributed by atoms with Gasteiger partial charge in [0.25, 0.3) is 0 Å². The molecule has 11 heavy (non-hydrogen) atoms. The summed E-state index contributed by atoms with van der Waals surface area (Å²) in [6.45, 7) is 3.90. The van der Waals surface area contributed by atoms with E-state index in [1.807, 2.05) is 13.8 Å². The Labute approximate surface area is 65.5 Å². The summed E-state index contributed by atoms with van der Waals surface area (Å²) < 4.78 is 0. The van der Waals surface area contributed by atoms with Gasteiger partial charge in [0.2, 0.25) is 0 Å². The summed E-state index contributed by atoms with van der Waals surface area (Å²) in [6.07, 6.45) is 0.882. The average Bonchev–Trinajstić information content (AvgIpc) is 2.09. The molecule has 0 saturated carbocycles. The zero-order valence-electron chi connectivity index (χ0n) is 6.74. The molecule has 0 radical (unpaired) electrons. The second-order valence-electron chi connectivity index (χ2n) is 2.88. The van der Waals surface area contributed by atoms with Crippen molar-refractivity contribution < 1.29 is 9.90 Å². The number of hydrogen-bond donors (Lipinski definition) is 1. The van der Waals surface area contributed by atoms with E-state index in [-0.39, 0.29) is 12.6 Å². The van der Waals surface area contributed by atoms with Gasteiger partial charge >= 0.3 is 5.97 Å². The maximum atomic E-state index is 10.3. The minimum Gasteiger partial charge on any atom is -0.480 e. The van der Waals surface area contributed by atoms with E-state index in [1.54, 1.807) is 5.01 Å². The summed E-state index contributed by atoms with van der Waals surface area (Å²) in [5.41, 5.74) is 1.01. The lowest BCUT2D eigenvalue weighted by Crippen LogP contribution is -2.29. The second kappa shape index (κ2) is 2.90. The summed E-state index contributed by atoms with van der Waals surface area (Å²) in [5.74, 6) is -0.824. The van der Waals surface area contributed by atoms with Crippen LogP contribution in [0.4, 0.5) is 0 Å². The quantitative estimate of drug-likeness (QED) is 0.634. The van der Waals surface area contributed by atoms with Gasteiger partial charge in [-0.05, 0) is 13.8 Å². The number of nitrogens with zero attached hydrogens (tertiary/aromatic N) is 2. The van der Waals surface area contributed by atoms with Crippen molar-refractivity contribution in [1.82, 2.24) is 5.01 Å². The lowest BCUT2D eigenvalue weighted by molar-refractivity contribution is -0.138. The molecule has 0 spiro atoms. The Bertz CT molecular complexity index is 201. The van der Waals surface area contributed by atoms with E-state index < -0.39 is 5.97 Å². The van der Waals surface area contributed by atoms with Crippen LogP contribution in [-0.2, 0) is 4.79 Å². The third-order valence-electron chi connectivity index (χ3n) is 1.70. The van der Waals surface area contributed by atoms with Gasteiger partial charge < -0.3 is 5.11 Å². The molecule has 0 saturated heterocycles. The molecule has 1 unspecified atom stereocenters. The van der Waals surface area contributed by atoms with E-state index in [9.17, 15) is 4.79 Å². The molecule has 4 nitrogen and oxygen atoms in total. The highest BCUT2D eigenvalue weighted by Gasteiger charge is 2.21. The molecule has 0 bridgehead atoms. The zero-order chi connectivity index (χ0) is 8.43. The van der Waals surface area contributed by atoms with E-state index in [2.05, 4.69) is 5.10 Å². The minimum absolute atomic E-state index is 0.0124. The fraction of sp³-hybridized carbons (Fsp3) is 0.714. The molecule has 0 aliphatic carbocycles. The second-order valence-corrected chi connectivity index (χ2v) is 2.88. The van der Waals surface area contributed by atoms with Crippen molar-refractivity contribution in [2.24, 2.45) is 5.10 Å². The predicted molar refractivity (Wildman–Crippen MR) is 41.5 cm³/mol. The molecule has 0 aromatic heterocycles. The molecule has 0 aromatic carbocycles. The average molecular weight is 156 g/mol. The summed E-state index contributed by atoms with van der Waals surface area (Å²) in [5, 5.41) is 14.2. The van der Waals surface area contributed by atoms with Crippen LogP contribution < -0.4 is 0 Å². The highest BCUT2D eigenvalue weighted by atomic mass is 16.4. The van der Waals surface area contributed by atoms with Crippen LogP contribution in [0.25, 0.3) is 0 Å². The fourth-order valence-electron chi connectivity index (χ4n) is 1.22. The van der Waals surface area contributed by atoms with Crippen molar-refractivity contribution in [3.63, 3.8) is 0 Å². The molecule has 1 atom stereocenters. The van der Waals surface area contributed by atoms with Crippen LogP contribution >= 0.6 is 0 Å². The molecular weight excluding hydrogens is 144 g/mol. The normalized spacial score (nSPS) is 23.6. The Morgan fingerprint density at radius 2 is 2.55 bits per heavy atom. The largest absolute Gasteiger partial charge is 0.480 e. The molecule has 1 aliphatic rings. The third-order valence-corrected chi connectivity index (χ3v) is 1.70. The molecule has 62 valence electrons. The highest BCUT2D eigenvalue weighted by Crippen LogP contribution is 2.13. The predicted octanol–water partition coefficient (Wildman–Crippen LogP) is 0.541. The summed E-state index contributed by atoms with van der Waals surface area (Å²) in [6, 6.07) is 0.242. The minimum atomic E-state index is -0.824. The molecule has 0 fully saturated rings. The van der Waals surface area contributed by atoms with E-state index in [1.165, 1.54) is 0 Å². The summed E-state index contributed by atoms with van der Waals surface area (Å²) >= 11 is 0. The van der Waals surface area contributed by atoms with Crippen LogP contribution in [0.5, 0.6) is 0 Å². The molecule has 0 aromatic rings. The first-order valence-electron chi connectivity index (χ1n) is 3.62. The molecular formula is C7H12N2O2. The zero-order valence-corrected chi connectivity index (χ0v) is 6.74. The van der Waals surface area contributed by atoms with Gasteiger partial charge in [-0.1, -0.05) is 0 Å². The first kappa shape index (κ1) is 8.04. The Balaban J connectivity index is 2.52. The smallest absolute Gasteiger partial charge is 0.324 e. The molecule has 4 heteroatoms. The number of rotatable bonds is 2. The van der Waals surface area contributed by atoms with Crippen molar-refractivity contribution in [2.75, 3.05) is 6.54 Å². The number of carboxylic acid groups (broad SMARTS) is 1. The van der Waals surface area contributed by atoms with Crippen LogP contribution in [0.3, 0.4) is 0 Å². The van der Waals surface area contributed by atoms with Gasteiger partial charge in [0.15, 0.2) is 0 Å². The van der Waals surface area contributed by atoms with Gasteiger partial charge in [-0.25, -0.2) is 0 Å². The lowest BCUT2D eigenvalue weighted by atomic mass is 10.2. The van der Waals surface area contributed by atoms with E-state index in [0.717, 1.165) is 12.1 Å². The van der Waals surface area contributed by atoms with Crippen LogP contribution in [0.2, 0.25) is 0 Å². The summed E-state index contributed by atoms with van der Waals surface area (Å²) in [4.78, 5) is 10.3. The first-order chi connectivity index (χ1) is 5.09. The van der Waals surface area contributed by atoms with Crippen molar-refractivity contribution >= 4 is 11.7 Å². The standard InChI is InChI=1S/C7H12N2O2/c1-5-3-6(2)9(8-5)4-7(10)11/h6H,3-4H2,1-2H3,(H,10,11). The molecule has 0 amide bonds. The molecule has 1 N–H and O–H groups in total. The van der Waals surface area contributed by atoms with Gasteiger partial charge in [0, 0.05) is 12.1 Å². The number of carboxylic acids is 1. The van der Waals surface area contributed by atoms with Crippen LogP contribution in [0.1, 0.15) is 20.3 Å². The maximum absolute atomic E-state index is 10.3. The maximum Gasteiger partial charge on any atom is 0.324 e. The van der Waals surface area contributed by atoms with E-state index in [4.69, 9.17) is 5.11 Å². The topological polar surface area (TPSA) is 52.9 Å². The fourth-order valence-corrected chi connectivity index (χ4v) is 1.22. The monoisotopic (exact) mass is 156 g/mol. The SMILES string of the molecule is CC1=NN(CC(=O)O)C(C)C1. The Morgan fingerprint density at radius 1 is 1.91 bits per heavy atom. The van der Waals surface area contributed by atoms with Gasteiger partial charge in [0.05, 0.1) is 6.04 Å². The van der Waals surface area contributed by atoms with Crippen molar-refractivity contribution in [3.8, 4) is 0 Å². The number of hydrogen-bond acceptors (Lipinski definition) is 3. The van der Waals surface area contributed by atoms with Crippen molar-refractivity contribution in [3.05, 3.63) is 0 Å². The Kier molecular flexibility index (Phi) is 2.12. The first-order valence-corrected chi connectivity index (χ1v) is 3.62. The van der Waals surface area contributed by atoms with E-state index >= 15 is 0 Å². The number of carbonyl (C=O) groups is 1. The van der Waals surface area contributed by atoms with Crippen LogP contribution in [0, 0.1) is 0 Å². The Morgan fingerprint density at radius 3 is 2.91 bits per heavy atom. The number of hydrazone groups is 1. The van der Waals surface area contributed by atoms with Gasteiger partial charge in [-0.2, -0.15) is 5.10 Å². The van der Waals surface area contributed by atoms with Gasteiger partial charge in [-0.3, -0.25) is 9.80 Å². The summed E-state index contributed by atoms with van der Waals surface area (Å²) in [7, 11) is 0. The third kappa shape index (κ3) is 1.93. The van der Waals surface area contributed by atoms with E-state index in [0.29, 0.717) is 0 Å². The van der Waals surface area contributed by atoms with Gasteiger partial charge in [-0.15, -0.1) is 0 Å². The number of aliphatic carboxylic acids is 1. The van der Waals surface area contributed by atoms with Crippen molar-refractivity contribution in [1.29, 1.82) is 0 Å². The molecule has 1 rings (SSSR count). The molecule has 1 heterocycles. The highest BCUT2D eigenvalue weighted by molar-refractivity contribution is 5.84. The van der Waals surface area contributed by atoms with Gasteiger partial charge in [0.1, 0.15) is 6.54 Å².